The van der Waals surface area contributed by atoms with E-state index < -0.39 is 22.8 Å². The van der Waals surface area contributed by atoms with Crippen LogP contribution in [0.3, 0.4) is 0 Å². The molecule has 0 fully saturated rings. The minimum absolute atomic E-state index is 0.0605. The number of nitrogens with zero attached hydrogens (tertiary/aromatic N) is 3. The second-order valence-electron chi connectivity index (χ2n) is 3.79. The van der Waals surface area contributed by atoms with Crippen LogP contribution in [0.15, 0.2) is 36.7 Å². The zero-order valence-electron chi connectivity index (χ0n) is 10.1. The van der Waals surface area contributed by atoms with Gasteiger partial charge in [0.15, 0.2) is 0 Å². The molecule has 10 heteroatoms. The SMILES string of the molecule is O=C(Oc1ccc([N+](=O)[O-])cc1)n1cc(C(F)(F)F)cn1. The van der Waals surface area contributed by atoms with Gasteiger partial charge in [0.1, 0.15) is 5.75 Å². The van der Waals surface area contributed by atoms with Crippen LogP contribution < -0.4 is 4.74 Å². The number of non-ortho nitro benzene ring substituents is 1. The number of carbonyl (C=O) groups is 1. The zero-order valence-corrected chi connectivity index (χ0v) is 10.1. The topological polar surface area (TPSA) is 87.3 Å². The van der Waals surface area contributed by atoms with E-state index in [1.54, 1.807) is 0 Å². The van der Waals surface area contributed by atoms with Gasteiger partial charge in [-0.15, -0.1) is 0 Å². The quantitative estimate of drug-likeness (QED) is 0.628. The molecule has 0 radical (unpaired) electrons. The highest BCUT2D eigenvalue weighted by atomic mass is 19.4. The van der Waals surface area contributed by atoms with Crippen molar-refractivity contribution in [2.24, 2.45) is 0 Å². The first-order chi connectivity index (χ1) is 9.77. The number of alkyl halides is 3. The van der Waals surface area contributed by atoms with Crippen LogP contribution in [0, 0.1) is 10.1 Å². The maximum absolute atomic E-state index is 12.3. The minimum atomic E-state index is -4.62. The van der Waals surface area contributed by atoms with Gasteiger partial charge in [0.2, 0.25) is 0 Å². The van der Waals surface area contributed by atoms with Gasteiger partial charge in [-0.05, 0) is 12.1 Å². The summed E-state index contributed by atoms with van der Waals surface area (Å²) in [6, 6.07) is 4.47. The monoisotopic (exact) mass is 301 g/mol. The maximum atomic E-state index is 12.3. The highest BCUT2D eigenvalue weighted by Gasteiger charge is 2.33. The number of nitro groups is 1. The second-order valence-corrected chi connectivity index (χ2v) is 3.79. The summed E-state index contributed by atoms with van der Waals surface area (Å²) in [7, 11) is 0. The van der Waals surface area contributed by atoms with E-state index in [9.17, 15) is 28.1 Å². The van der Waals surface area contributed by atoms with Crippen LogP contribution in [0.2, 0.25) is 0 Å². The van der Waals surface area contributed by atoms with E-state index in [4.69, 9.17) is 4.74 Å². The molecule has 0 saturated carbocycles. The number of benzene rings is 1. The molecule has 1 aromatic carbocycles. The number of carbonyl (C=O) groups excluding carboxylic acids is 1. The van der Waals surface area contributed by atoms with Gasteiger partial charge in [0, 0.05) is 18.3 Å². The highest BCUT2D eigenvalue weighted by Crippen LogP contribution is 2.28. The molecule has 1 aromatic heterocycles. The largest absolute Gasteiger partial charge is 0.440 e. The third-order valence-electron chi connectivity index (χ3n) is 2.35. The second kappa shape index (κ2) is 5.23. The summed E-state index contributed by atoms with van der Waals surface area (Å²) in [4.78, 5) is 21.3. The molecule has 2 aromatic rings. The van der Waals surface area contributed by atoms with E-state index in [1.165, 1.54) is 0 Å². The van der Waals surface area contributed by atoms with Crippen molar-refractivity contribution in [2.45, 2.75) is 6.18 Å². The molecule has 110 valence electrons. The smallest absolute Gasteiger partial charge is 0.409 e. The maximum Gasteiger partial charge on any atom is 0.440 e. The Labute approximate surface area is 114 Å². The van der Waals surface area contributed by atoms with Gasteiger partial charge in [0.25, 0.3) is 5.69 Å². The van der Waals surface area contributed by atoms with Crippen LogP contribution in [0.5, 0.6) is 5.75 Å². The standard InChI is InChI=1S/C11H6F3N3O4/c12-11(13,14)7-5-15-16(6-7)10(18)21-9-3-1-8(2-4-9)17(19)20/h1-6H. The van der Waals surface area contributed by atoms with E-state index in [1.807, 2.05) is 0 Å². The van der Waals surface area contributed by atoms with Crippen LogP contribution in [0.4, 0.5) is 23.7 Å². The minimum Gasteiger partial charge on any atom is -0.409 e. The molecule has 7 nitrogen and oxygen atoms in total. The van der Waals surface area contributed by atoms with Gasteiger partial charge in [-0.25, -0.2) is 4.79 Å². The van der Waals surface area contributed by atoms with Crippen molar-refractivity contribution >= 4 is 11.8 Å². The average Bonchev–Trinajstić information content (AvgIpc) is 2.88. The Morgan fingerprint density at radius 1 is 1.29 bits per heavy atom. The number of aromatic nitrogens is 2. The predicted octanol–water partition coefficient (Wildman–Crippen LogP) is 2.86. The molecule has 2 rings (SSSR count). The van der Waals surface area contributed by atoms with E-state index in [-0.39, 0.29) is 11.4 Å². The first kappa shape index (κ1) is 14.5. The van der Waals surface area contributed by atoms with Gasteiger partial charge in [-0.2, -0.15) is 23.0 Å². The lowest BCUT2D eigenvalue weighted by atomic mass is 10.3. The Bertz CT molecular complexity index is 679. The lowest BCUT2D eigenvalue weighted by Crippen LogP contribution is -2.17. The van der Waals surface area contributed by atoms with Gasteiger partial charge < -0.3 is 4.74 Å². The van der Waals surface area contributed by atoms with Crippen molar-refractivity contribution in [2.75, 3.05) is 0 Å². The molecule has 0 atom stereocenters. The van der Waals surface area contributed by atoms with E-state index in [2.05, 4.69) is 5.10 Å². The van der Waals surface area contributed by atoms with Gasteiger partial charge in [-0.3, -0.25) is 10.1 Å². The Morgan fingerprint density at radius 2 is 1.90 bits per heavy atom. The van der Waals surface area contributed by atoms with Gasteiger partial charge >= 0.3 is 12.3 Å². The van der Waals surface area contributed by atoms with E-state index >= 15 is 0 Å². The summed E-state index contributed by atoms with van der Waals surface area (Å²) in [6.07, 6.45) is -4.82. The third-order valence-corrected chi connectivity index (χ3v) is 2.35. The first-order valence-corrected chi connectivity index (χ1v) is 5.36. The molecule has 0 spiro atoms. The Balaban J connectivity index is 2.11. The molecule has 0 aliphatic carbocycles. The van der Waals surface area contributed by atoms with Crippen LogP contribution in [-0.4, -0.2) is 20.8 Å². The summed E-state index contributed by atoms with van der Waals surface area (Å²) >= 11 is 0. The van der Waals surface area contributed by atoms with Crippen molar-refractivity contribution in [3.63, 3.8) is 0 Å². The highest BCUT2D eigenvalue weighted by molar-refractivity contribution is 5.72. The lowest BCUT2D eigenvalue weighted by molar-refractivity contribution is -0.384. The Kier molecular flexibility index (Phi) is 3.61. The summed E-state index contributed by atoms with van der Waals surface area (Å²) in [5, 5.41) is 13.7. The fourth-order valence-electron chi connectivity index (χ4n) is 1.35. The van der Waals surface area contributed by atoms with Crippen molar-refractivity contribution in [3.8, 4) is 5.75 Å². The van der Waals surface area contributed by atoms with Crippen molar-refractivity contribution in [1.29, 1.82) is 0 Å². The van der Waals surface area contributed by atoms with Crippen LogP contribution in [-0.2, 0) is 6.18 Å². The van der Waals surface area contributed by atoms with Gasteiger partial charge in [0.05, 0.1) is 16.7 Å². The number of ether oxygens (including phenoxy) is 1. The molecule has 0 aliphatic heterocycles. The molecule has 0 bridgehead atoms. The number of hydrogen-bond donors (Lipinski definition) is 0. The molecular formula is C11H6F3N3O4. The molecule has 0 amide bonds. The number of halogens is 3. The number of rotatable bonds is 2. The molecule has 0 N–H and O–H groups in total. The third kappa shape index (κ3) is 3.35. The fourth-order valence-corrected chi connectivity index (χ4v) is 1.35. The van der Waals surface area contributed by atoms with E-state index in [0.29, 0.717) is 17.1 Å². The first-order valence-electron chi connectivity index (χ1n) is 5.36. The lowest BCUT2D eigenvalue weighted by Gasteiger charge is -2.03. The average molecular weight is 301 g/mol. The summed E-state index contributed by atoms with van der Waals surface area (Å²) in [5.74, 6) is -0.0605. The number of hydrogen-bond acceptors (Lipinski definition) is 5. The van der Waals surface area contributed by atoms with Crippen LogP contribution in [0.1, 0.15) is 5.56 Å². The molecular weight excluding hydrogens is 295 g/mol. The zero-order chi connectivity index (χ0) is 15.6. The van der Waals surface area contributed by atoms with Crippen molar-refractivity contribution < 1.29 is 27.6 Å². The summed E-state index contributed by atoms with van der Waals surface area (Å²) in [5.41, 5.74) is -1.31. The summed E-state index contributed by atoms with van der Waals surface area (Å²) < 4.78 is 42.1. The molecule has 21 heavy (non-hydrogen) atoms. The predicted molar refractivity (Wildman–Crippen MR) is 61.7 cm³/mol. The Hall–Kier alpha value is -2.91. The van der Waals surface area contributed by atoms with Crippen LogP contribution in [0.25, 0.3) is 0 Å². The molecule has 0 unspecified atom stereocenters. The normalized spacial score (nSPS) is 11.2. The van der Waals surface area contributed by atoms with Crippen molar-refractivity contribution in [1.82, 2.24) is 9.78 Å². The molecule has 0 aliphatic rings. The number of nitro benzene ring substituents is 1. The van der Waals surface area contributed by atoms with E-state index in [0.717, 1.165) is 24.3 Å². The Morgan fingerprint density at radius 3 is 2.38 bits per heavy atom. The fraction of sp³-hybridized carbons (Fsp3) is 0.0909. The van der Waals surface area contributed by atoms with Crippen LogP contribution >= 0.6 is 0 Å². The summed E-state index contributed by atoms with van der Waals surface area (Å²) in [6.45, 7) is 0. The molecule has 1 heterocycles. The van der Waals surface area contributed by atoms with Gasteiger partial charge in [-0.1, -0.05) is 0 Å². The van der Waals surface area contributed by atoms with Crippen molar-refractivity contribution in [3.05, 3.63) is 52.3 Å². The molecule has 0 saturated heterocycles.